The Bertz CT molecular complexity index is 572. The van der Waals surface area contributed by atoms with E-state index in [4.69, 9.17) is 0 Å². The van der Waals surface area contributed by atoms with Gasteiger partial charge < -0.3 is 5.32 Å². The fraction of sp³-hybridized carbons (Fsp3) is 0.333. The van der Waals surface area contributed by atoms with E-state index in [1.54, 1.807) is 0 Å². The fourth-order valence-electron chi connectivity index (χ4n) is 0.987. The molecule has 0 unspecified atom stereocenters. The van der Waals surface area contributed by atoms with Gasteiger partial charge in [0.25, 0.3) is 0 Å². The Morgan fingerprint density at radius 1 is 1.37 bits per heavy atom. The fourth-order valence-corrected chi connectivity index (χ4v) is 1.55. The number of aromatic nitrogens is 1. The van der Waals surface area contributed by atoms with Gasteiger partial charge in [-0.3, -0.25) is 4.79 Å². The van der Waals surface area contributed by atoms with Crippen molar-refractivity contribution in [3.63, 3.8) is 0 Å². The molecule has 0 fully saturated rings. The molecular weight excluding hydrogens is 292 g/mol. The Hall–Kier alpha value is -1.71. The number of hydrogen-bond acceptors (Lipinski definition) is 4. The average molecular weight is 300 g/mol. The minimum absolute atomic E-state index is 0.322. The van der Waals surface area contributed by atoms with Crippen molar-refractivity contribution >= 4 is 21.4 Å². The summed E-state index contributed by atoms with van der Waals surface area (Å²) in [6.45, 7) is 0. The van der Waals surface area contributed by atoms with Crippen LogP contribution in [0.2, 0.25) is 0 Å². The van der Waals surface area contributed by atoms with E-state index >= 15 is 0 Å². The highest BCUT2D eigenvalue weighted by Crippen LogP contribution is 2.24. The molecule has 0 bridgehead atoms. The van der Waals surface area contributed by atoms with E-state index in [2.05, 4.69) is 4.98 Å². The number of nitrogens with zero attached hydrogens (tertiary/aromatic N) is 1. The van der Waals surface area contributed by atoms with Gasteiger partial charge in [0.15, 0.2) is 14.9 Å². The van der Waals surface area contributed by atoms with Crippen LogP contribution in [0, 0.1) is 0 Å². The minimum Gasteiger partial charge on any atom is -0.319 e. The third-order valence-corrected chi connectivity index (χ3v) is 2.95. The van der Waals surface area contributed by atoms with Gasteiger partial charge in [-0.25, -0.2) is 22.2 Å². The summed E-state index contributed by atoms with van der Waals surface area (Å²) in [6, 6.07) is 1.91. The summed E-state index contributed by atoms with van der Waals surface area (Å²) >= 11 is 0. The van der Waals surface area contributed by atoms with Crippen molar-refractivity contribution in [3.8, 4) is 0 Å². The Morgan fingerprint density at radius 3 is 2.32 bits per heavy atom. The zero-order valence-electron chi connectivity index (χ0n) is 9.40. The molecule has 0 saturated heterocycles. The van der Waals surface area contributed by atoms with Crippen molar-refractivity contribution in [1.82, 2.24) is 4.98 Å². The number of halogens is 4. The number of alkyl halides is 4. The third-order valence-electron chi connectivity index (χ3n) is 1.95. The van der Waals surface area contributed by atoms with Gasteiger partial charge in [0.05, 0.1) is 11.9 Å². The number of pyridine rings is 1. The van der Waals surface area contributed by atoms with Crippen LogP contribution in [-0.4, -0.2) is 37.9 Å². The molecule has 5 nitrogen and oxygen atoms in total. The maximum absolute atomic E-state index is 12.6. The Morgan fingerprint density at radius 2 is 1.95 bits per heavy atom. The molecule has 1 heterocycles. The second kappa shape index (κ2) is 5.11. The van der Waals surface area contributed by atoms with Gasteiger partial charge >= 0.3 is 18.3 Å². The molecule has 0 aromatic carbocycles. The Balaban J connectivity index is 2.88. The van der Waals surface area contributed by atoms with Crippen LogP contribution in [0.3, 0.4) is 0 Å². The average Bonchev–Trinajstić information content (AvgIpc) is 2.28. The number of nitrogens with one attached hydrogen (secondary N) is 1. The van der Waals surface area contributed by atoms with Crippen LogP contribution >= 0.6 is 0 Å². The maximum atomic E-state index is 12.6. The monoisotopic (exact) mass is 300 g/mol. The number of carbonyl (C=O) groups excluding carboxylic acids is 1. The first kappa shape index (κ1) is 15.3. The van der Waals surface area contributed by atoms with E-state index in [9.17, 15) is 30.8 Å². The molecule has 0 atom stereocenters. The molecule has 1 N–H and O–H groups in total. The molecule has 1 rings (SSSR count). The van der Waals surface area contributed by atoms with Gasteiger partial charge in [0.2, 0.25) is 0 Å². The van der Waals surface area contributed by atoms with Crippen molar-refractivity contribution in [2.24, 2.45) is 0 Å². The third kappa shape index (κ3) is 3.63. The molecule has 10 heteroatoms. The topological polar surface area (TPSA) is 76.1 Å². The number of anilines is 1. The minimum atomic E-state index is -4.84. The number of hydrogen-bond donors (Lipinski definition) is 1. The summed E-state index contributed by atoms with van der Waals surface area (Å²) in [4.78, 5) is 14.3. The van der Waals surface area contributed by atoms with Gasteiger partial charge in [-0.2, -0.15) is 8.78 Å². The van der Waals surface area contributed by atoms with E-state index < -0.39 is 28.1 Å². The maximum Gasteiger partial charge on any atom is 0.383 e. The van der Waals surface area contributed by atoms with Crippen molar-refractivity contribution in [3.05, 3.63) is 18.3 Å². The Labute approximate surface area is 105 Å². The zero-order valence-corrected chi connectivity index (χ0v) is 10.2. The second-order valence-corrected chi connectivity index (χ2v) is 5.50. The summed E-state index contributed by atoms with van der Waals surface area (Å²) in [5, 5.41) is 1.17. The van der Waals surface area contributed by atoms with Gasteiger partial charge in [0, 0.05) is 6.26 Å². The van der Waals surface area contributed by atoms with Gasteiger partial charge in [-0.1, -0.05) is 0 Å². The highest BCUT2D eigenvalue weighted by molar-refractivity contribution is 7.90. The number of sulfone groups is 1. The smallest absolute Gasteiger partial charge is 0.319 e. The first-order valence-corrected chi connectivity index (χ1v) is 6.58. The highest BCUT2D eigenvalue weighted by atomic mass is 32.2. The van der Waals surface area contributed by atoms with Crippen LogP contribution in [-0.2, 0) is 14.6 Å². The molecule has 0 spiro atoms. The van der Waals surface area contributed by atoms with Crippen LogP contribution in [0.4, 0.5) is 23.2 Å². The molecule has 19 heavy (non-hydrogen) atoms. The lowest BCUT2D eigenvalue weighted by Crippen LogP contribution is -2.41. The van der Waals surface area contributed by atoms with Crippen LogP contribution in [0.5, 0.6) is 0 Å². The molecule has 1 amide bonds. The highest BCUT2D eigenvalue weighted by Gasteiger charge is 2.48. The lowest BCUT2D eigenvalue weighted by Gasteiger charge is -2.14. The van der Waals surface area contributed by atoms with E-state index in [-0.39, 0.29) is 10.7 Å². The molecule has 0 aliphatic rings. The number of rotatable bonds is 4. The van der Waals surface area contributed by atoms with Crippen LogP contribution in [0.15, 0.2) is 23.4 Å². The van der Waals surface area contributed by atoms with Crippen molar-refractivity contribution in [2.75, 3.05) is 11.6 Å². The first-order chi connectivity index (χ1) is 8.55. The SMILES string of the molecule is CS(=O)(=O)c1ccc(NC(=O)C(F)(F)C(F)F)cn1. The predicted molar refractivity (Wildman–Crippen MR) is 56.9 cm³/mol. The van der Waals surface area contributed by atoms with Gasteiger partial charge in [0.1, 0.15) is 0 Å². The largest absolute Gasteiger partial charge is 0.383 e. The van der Waals surface area contributed by atoms with Gasteiger partial charge in [-0.15, -0.1) is 0 Å². The molecule has 106 valence electrons. The molecule has 0 aliphatic heterocycles. The van der Waals surface area contributed by atoms with Crippen molar-refractivity contribution < 1.29 is 30.8 Å². The van der Waals surface area contributed by atoms with E-state index in [0.717, 1.165) is 24.6 Å². The summed E-state index contributed by atoms with van der Waals surface area (Å²) in [7, 11) is -3.58. The molecule has 1 aromatic rings. The lowest BCUT2D eigenvalue weighted by atomic mass is 10.3. The zero-order chi connectivity index (χ0) is 14.8. The lowest BCUT2D eigenvalue weighted by molar-refractivity contribution is -0.163. The summed E-state index contributed by atoms with van der Waals surface area (Å²) in [6.07, 6.45) is -2.50. The molecule has 0 radical (unpaired) electrons. The molecule has 0 aliphatic carbocycles. The van der Waals surface area contributed by atoms with E-state index in [1.807, 2.05) is 0 Å². The summed E-state index contributed by atoms with van der Waals surface area (Å²) in [5.74, 6) is -7.04. The molecular formula is C9H8F4N2O3S. The predicted octanol–water partition coefficient (Wildman–Crippen LogP) is 1.32. The number of carbonyl (C=O) groups is 1. The van der Waals surface area contributed by atoms with Crippen molar-refractivity contribution in [2.45, 2.75) is 17.4 Å². The summed E-state index contributed by atoms with van der Waals surface area (Å²) < 4.78 is 71.1. The van der Waals surface area contributed by atoms with E-state index in [1.165, 1.54) is 5.32 Å². The standard InChI is InChI=1S/C9H8F4N2O3S/c1-19(17,18)6-3-2-5(4-14-6)15-8(16)9(12,13)7(10)11/h2-4,7H,1H3,(H,15,16). The second-order valence-electron chi connectivity index (χ2n) is 3.54. The first-order valence-electron chi connectivity index (χ1n) is 4.68. The van der Waals surface area contributed by atoms with Crippen molar-refractivity contribution in [1.29, 1.82) is 0 Å². The number of amides is 1. The normalized spacial score (nSPS) is 12.5. The van der Waals surface area contributed by atoms with Crippen LogP contribution in [0.25, 0.3) is 0 Å². The quantitative estimate of drug-likeness (QED) is 0.851. The van der Waals surface area contributed by atoms with E-state index in [0.29, 0.717) is 0 Å². The molecule has 1 aromatic heterocycles. The molecule has 0 saturated carbocycles. The Kier molecular flexibility index (Phi) is 4.13. The van der Waals surface area contributed by atoms with Crippen LogP contribution < -0.4 is 5.32 Å². The van der Waals surface area contributed by atoms with Crippen LogP contribution in [0.1, 0.15) is 0 Å². The van der Waals surface area contributed by atoms with Gasteiger partial charge in [-0.05, 0) is 12.1 Å². The summed E-state index contributed by atoms with van der Waals surface area (Å²) in [5.41, 5.74) is -0.322.